The van der Waals surface area contributed by atoms with Gasteiger partial charge < -0.3 is 20.1 Å². The van der Waals surface area contributed by atoms with Crippen LogP contribution in [0.2, 0.25) is 0 Å². The van der Waals surface area contributed by atoms with Crippen molar-refractivity contribution < 1.29 is 19.1 Å². The Kier molecular flexibility index (Phi) is 7.00. The lowest BCUT2D eigenvalue weighted by Gasteiger charge is -2.33. The molecule has 28 heavy (non-hydrogen) atoms. The summed E-state index contributed by atoms with van der Waals surface area (Å²) in [5.41, 5.74) is 2.30. The number of hydrogen-bond donors (Lipinski definition) is 2. The molecule has 0 spiro atoms. The summed E-state index contributed by atoms with van der Waals surface area (Å²) in [6.45, 7) is 3.60. The van der Waals surface area contributed by atoms with Crippen LogP contribution in [0.5, 0.6) is 0 Å². The molecular weight excluding hydrogens is 358 g/mol. The number of ether oxygens (including phenoxy) is 2. The van der Waals surface area contributed by atoms with Gasteiger partial charge in [-0.15, -0.1) is 0 Å². The molecule has 2 amide bonds. The van der Waals surface area contributed by atoms with Gasteiger partial charge in [0.25, 0.3) is 0 Å². The highest BCUT2D eigenvalue weighted by Gasteiger charge is 2.21. The van der Waals surface area contributed by atoms with Gasteiger partial charge in [0, 0.05) is 31.9 Å². The molecule has 1 saturated heterocycles. The van der Waals surface area contributed by atoms with E-state index in [1.165, 1.54) is 12.7 Å². The zero-order valence-corrected chi connectivity index (χ0v) is 15.9. The zero-order valence-electron chi connectivity index (χ0n) is 15.9. The van der Waals surface area contributed by atoms with E-state index in [2.05, 4.69) is 32.4 Å². The van der Waals surface area contributed by atoms with Crippen molar-refractivity contribution in [1.82, 2.24) is 10.2 Å². The van der Waals surface area contributed by atoms with Crippen LogP contribution >= 0.6 is 0 Å². The van der Waals surface area contributed by atoms with Crippen molar-refractivity contribution in [2.45, 2.75) is 12.6 Å². The van der Waals surface area contributed by atoms with Gasteiger partial charge in [0.05, 0.1) is 25.4 Å². The van der Waals surface area contributed by atoms with Crippen LogP contribution in [-0.2, 0) is 16.0 Å². The fourth-order valence-electron chi connectivity index (χ4n) is 3.08. The first-order valence-electron chi connectivity index (χ1n) is 9.25. The summed E-state index contributed by atoms with van der Waals surface area (Å²) in [5, 5.41) is 5.59. The summed E-state index contributed by atoms with van der Waals surface area (Å²) >= 11 is 0. The van der Waals surface area contributed by atoms with Gasteiger partial charge in [-0.05, 0) is 29.8 Å². The number of carbonyl (C=O) groups is 2. The maximum absolute atomic E-state index is 12.1. The number of benzene rings is 2. The van der Waals surface area contributed by atoms with Crippen LogP contribution in [0.1, 0.15) is 15.9 Å². The Balaban J connectivity index is 1.43. The Morgan fingerprint density at radius 2 is 1.89 bits per heavy atom. The third-order valence-electron chi connectivity index (χ3n) is 4.53. The van der Waals surface area contributed by atoms with Crippen LogP contribution in [0.4, 0.5) is 10.5 Å². The van der Waals surface area contributed by atoms with Crippen molar-refractivity contribution in [3.05, 3.63) is 65.7 Å². The quantitative estimate of drug-likeness (QED) is 0.750. The van der Waals surface area contributed by atoms with Gasteiger partial charge >= 0.3 is 12.0 Å². The summed E-state index contributed by atoms with van der Waals surface area (Å²) in [6.07, 6.45) is -0.0510. The van der Waals surface area contributed by atoms with Crippen molar-refractivity contribution in [2.75, 3.05) is 38.7 Å². The number of urea groups is 1. The van der Waals surface area contributed by atoms with E-state index in [-0.39, 0.29) is 12.1 Å². The fourth-order valence-corrected chi connectivity index (χ4v) is 3.08. The maximum Gasteiger partial charge on any atom is 0.337 e. The van der Waals surface area contributed by atoms with Crippen molar-refractivity contribution in [3.63, 3.8) is 0 Å². The monoisotopic (exact) mass is 383 g/mol. The normalized spacial score (nSPS) is 17.0. The largest absolute Gasteiger partial charge is 0.465 e. The van der Waals surface area contributed by atoms with Crippen LogP contribution in [0.15, 0.2) is 54.6 Å². The first-order chi connectivity index (χ1) is 13.6. The summed E-state index contributed by atoms with van der Waals surface area (Å²) in [7, 11) is 1.33. The number of rotatable bonds is 6. The van der Waals surface area contributed by atoms with Crippen molar-refractivity contribution in [1.29, 1.82) is 0 Å². The number of nitrogens with zero attached hydrogens (tertiary/aromatic N) is 1. The third kappa shape index (κ3) is 5.80. The number of methoxy groups -OCH3 is 1. The number of carbonyl (C=O) groups excluding carboxylic acids is 2. The van der Waals surface area contributed by atoms with Crippen LogP contribution in [0.3, 0.4) is 0 Å². The summed E-state index contributed by atoms with van der Waals surface area (Å²) in [4.78, 5) is 25.9. The molecule has 0 bridgehead atoms. The molecule has 3 rings (SSSR count). The van der Waals surface area contributed by atoms with Crippen molar-refractivity contribution in [3.8, 4) is 0 Å². The van der Waals surface area contributed by atoms with Gasteiger partial charge in [0.2, 0.25) is 0 Å². The molecule has 1 aliphatic rings. The molecule has 1 unspecified atom stereocenters. The van der Waals surface area contributed by atoms with Crippen LogP contribution in [-0.4, -0.2) is 56.4 Å². The molecule has 7 nitrogen and oxygen atoms in total. The number of morpholine rings is 1. The fraction of sp³-hybridized carbons (Fsp3) is 0.333. The number of esters is 1. The predicted octanol–water partition coefficient (Wildman–Crippen LogP) is 2.50. The van der Waals surface area contributed by atoms with E-state index < -0.39 is 5.97 Å². The smallest absolute Gasteiger partial charge is 0.337 e. The molecule has 1 heterocycles. The van der Waals surface area contributed by atoms with E-state index >= 15 is 0 Å². The Morgan fingerprint density at radius 3 is 2.61 bits per heavy atom. The van der Waals surface area contributed by atoms with Gasteiger partial charge in [0.15, 0.2) is 0 Å². The highest BCUT2D eigenvalue weighted by Crippen LogP contribution is 2.12. The molecular formula is C21H25N3O4. The summed E-state index contributed by atoms with van der Waals surface area (Å²) in [6, 6.07) is 16.5. The first kappa shape index (κ1) is 19.9. The van der Waals surface area contributed by atoms with E-state index in [1.807, 2.05) is 18.2 Å². The second-order valence-corrected chi connectivity index (χ2v) is 6.62. The lowest BCUT2D eigenvalue weighted by molar-refractivity contribution is -0.0285. The van der Waals surface area contributed by atoms with Gasteiger partial charge in [0.1, 0.15) is 0 Å². The second kappa shape index (κ2) is 9.87. The third-order valence-corrected chi connectivity index (χ3v) is 4.53. The number of anilines is 1. The second-order valence-electron chi connectivity index (χ2n) is 6.62. The number of amides is 2. The minimum absolute atomic E-state index is 0.0510. The maximum atomic E-state index is 12.1. The Bertz CT molecular complexity index is 780. The highest BCUT2D eigenvalue weighted by atomic mass is 16.5. The van der Waals surface area contributed by atoms with Gasteiger partial charge in [-0.2, -0.15) is 0 Å². The van der Waals surface area contributed by atoms with Gasteiger partial charge in [-0.1, -0.05) is 30.3 Å². The lowest BCUT2D eigenvalue weighted by atomic mass is 10.2. The molecule has 7 heteroatoms. The summed E-state index contributed by atoms with van der Waals surface area (Å²) < 4.78 is 10.4. The Morgan fingerprint density at radius 1 is 1.14 bits per heavy atom. The SMILES string of the molecule is COC(=O)c1ccc(NC(=O)NCC2CN(Cc3ccccc3)CCO2)cc1. The van der Waals surface area contributed by atoms with Gasteiger partial charge in [-0.3, -0.25) is 4.90 Å². The molecule has 1 atom stereocenters. The van der Waals surface area contributed by atoms with Crippen LogP contribution in [0.25, 0.3) is 0 Å². The first-order valence-corrected chi connectivity index (χ1v) is 9.25. The van der Waals surface area contributed by atoms with E-state index in [1.54, 1.807) is 24.3 Å². The highest BCUT2D eigenvalue weighted by molar-refractivity contribution is 5.92. The van der Waals surface area contributed by atoms with E-state index in [9.17, 15) is 9.59 Å². The molecule has 0 saturated carbocycles. The molecule has 0 aliphatic carbocycles. The molecule has 1 fully saturated rings. The summed E-state index contributed by atoms with van der Waals surface area (Å²) in [5.74, 6) is -0.412. The van der Waals surface area contributed by atoms with E-state index in [0.717, 1.165) is 19.6 Å². The minimum atomic E-state index is -0.412. The molecule has 0 aromatic heterocycles. The van der Waals surface area contributed by atoms with Crippen LogP contribution < -0.4 is 10.6 Å². The standard InChI is InChI=1S/C21H25N3O4/c1-27-20(25)17-7-9-18(10-8-17)23-21(26)22-13-19-15-24(11-12-28-19)14-16-5-3-2-4-6-16/h2-10,19H,11-15H2,1H3,(H2,22,23,26). The topological polar surface area (TPSA) is 79.9 Å². The molecule has 2 aromatic rings. The Hall–Kier alpha value is -2.90. The molecule has 2 aromatic carbocycles. The number of hydrogen-bond acceptors (Lipinski definition) is 5. The number of nitrogens with one attached hydrogen (secondary N) is 2. The molecule has 148 valence electrons. The Labute approximate surface area is 164 Å². The van der Waals surface area contributed by atoms with E-state index in [0.29, 0.717) is 24.4 Å². The molecule has 2 N–H and O–H groups in total. The van der Waals surface area contributed by atoms with Crippen molar-refractivity contribution >= 4 is 17.7 Å². The zero-order chi connectivity index (χ0) is 19.8. The molecule has 0 radical (unpaired) electrons. The van der Waals surface area contributed by atoms with E-state index in [4.69, 9.17) is 4.74 Å². The van der Waals surface area contributed by atoms with Gasteiger partial charge in [-0.25, -0.2) is 9.59 Å². The lowest BCUT2D eigenvalue weighted by Crippen LogP contribution is -2.47. The predicted molar refractivity (Wildman–Crippen MR) is 106 cm³/mol. The average Bonchev–Trinajstić information content (AvgIpc) is 2.73. The molecule has 1 aliphatic heterocycles. The average molecular weight is 383 g/mol. The minimum Gasteiger partial charge on any atom is -0.465 e. The van der Waals surface area contributed by atoms with Crippen LogP contribution in [0, 0.1) is 0 Å². The van der Waals surface area contributed by atoms with Crippen molar-refractivity contribution in [2.24, 2.45) is 0 Å².